The van der Waals surface area contributed by atoms with Crippen molar-refractivity contribution in [1.82, 2.24) is 5.32 Å². The van der Waals surface area contributed by atoms with Gasteiger partial charge in [-0.25, -0.2) is 0 Å². The first-order chi connectivity index (χ1) is 6.86. The van der Waals surface area contributed by atoms with Crippen molar-refractivity contribution in [3.05, 3.63) is 35.4 Å². The molecule has 0 spiro atoms. The highest BCUT2D eigenvalue weighted by atomic mass is 16.5. The molecule has 0 aliphatic carbocycles. The number of hydrogen-bond donors (Lipinski definition) is 1. The molecule has 0 atom stereocenters. The summed E-state index contributed by atoms with van der Waals surface area (Å²) in [7, 11) is 1.72. The summed E-state index contributed by atoms with van der Waals surface area (Å²) in [6.45, 7) is 4.78. The molecule has 1 aromatic rings. The molecule has 1 N–H and O–H groups in total. The van der Waals surface area contributed by atoms with Crippen LogP contribution in [0.4, 0.5) is 0 Å². The first-order valence-electron chi connectivity index (χ1n) is 5.14. The van der Waals surface area contributed by atoms with Crippen LogP contribution in [0.1, 0.15) is 18.1 Å². The largest absolute Gasteiger partial charge is 0.383 e. The van der Waals surface area contributed by atoms with Gasteiger partial charge >= 0.3 is 0 Å². The summed E-state index contributed by atoms with van der Waals surface area (Å²) in [4.78, 5) is 0. The second kappa shape index (κ2) is 6.57. The standard InChI is InChI=1S/C12H19NO/c1-3-11-4-6-12(7-5-11)10-13-8-9-14-2/h4-7,13H,3,8-10H2,1-2H3. The molecule has 0 saturated heterocycles. The van der Waals surface area contributed by atoms with Crippen LogP contribution < -0.4 is 5.32 Å². The van der Waals surface area contributed by atoms with E-state index < -0.39 is 0 Å². The first kappa shape index (κ1) is 11.2. The lowest BCUT2D eigenvalue weighted by atomic mass is 10.1. The van der Waals surface area contributed by atoms with Crippen LogP contribution in [0.2, 0.25) is 0 Å². The van der Waals surface area contributed by atoms with Gasteiger partial charge < -0.3 is 10.1 Å². The Kier molecular flexibility index (Phi) is 5.27. The van der Waals surface area contributed by atoms with E-state index in [9.17, 15) is 0 Å². The van der Waals surface area contributed by atoms with Gasteiger partial charge in [0.15, 0.2) is 0 Å². The van der Waals surface area contributed by atoms with Gasteiger partial charge in [-0.3, -0.25) is 0 Å². The fourth-order valence-corrected chi connectivity index (χ4v) is 1.30. The van der Waals surface area contributed by atoms with Crippen molar-refractivity contribution in [1.29, 1.82) is 0 Å². The van der Waals surface area contributed by atoms with Crippen LogP contribution in [0.3, 0.4) is 0 Å². The fraction of sp³-hybridized carbons (Fsp3) is 0.500. The van der Waals surface area contributed by atoms with Crippen molar-refractivity contribution in [2.24, 2.45) is 0 Å². The SMILES string of the molecule is CCc1ccc(CNCCOC)cc1. The maximum atomic E-state index is 4.95. The van der Waals surface area contributed by atoms with Crippen LogP contribution in [0.25, 0.3) is 0 Å². The number of benzene rings is 1. The lowest BCUT2D eigenvalue weighted by Crippen LogP contribution is -2.18. The van der Waals surface area contributed by atoms with Crippen molar-refractivity contribution < 1.29 is 4.74 Å². The zero-order valence-corrected chi connectivity index (χ0v) is 9.05. The summed E-state index contributed by atoms with van der Waals surface area (Å²) in [6.07, 6.45) is 1.11. The Balaban J connectivity index is 2.29. The first-order valence-corrected chi connectivity index (χ1v) is 5.14. The minimum absolute atomic E-state index is 0.771. The number of rotatable bonds is 6. The van der Waals surface area contributed by atoms with Gasteiger partial charge in [0.1, 0.15) is 0 Å². The third-order valence-electron chi connectivity index (χ3n) is 2.24. The van der Waals surface area contributed by atoms with E-state index in [0.29, 0.717) is 0 Å². The average Bonchev–Trinajstić information content (AvgIpc) is 2.25. The maximum absolute atomic E-state index is 4.95. The zero-order chi connectivity index (χ0) is 10.2. The van der Waals surface area contributed by atoms with Gasteiger partial charge in [-0.05, 0) is 17.5 Å². The zero-order valence-electron chi connectivity index (χ0n) is 9.05. The number of methoxy groups -OCH3 is 1. The summed E-state index contributed by atoms with van der Waals surface area (Å²) < 4.78 is 4.95. The smallest absolute Gasteiger partial charge is 0.0587 e. The Morgan fingerprint density at radius 1 is 1.14 bits per heavy atom. The monoisotopic (exact) mass is 193 g/mol. The topological polar surface area (TPSA) is 21.3 Å². The summed E-state index contributed by atoms with van der Waals surface area (Å²) >= 11 is 0. The molecule has 0 amide bonds. The summed E-state index contributed by atoms with van der Waals surface area (Å²) in [6, 6.07) is 8.73. The Morgan fingerprint density at radius 3 is 2.36 bits per heavy atom. The summed E-state index contributed by atoms with van der Waals surface area (Å²) in [5.41, 5.74) is 2.73. The van der Waals surface area contributed by atoms with Gasteiger partial charge in [0, 0.05) is 20.2 Å². The third kappa shape index (κ3) is 3.90. The van der Waals surface area contributed by atoms with Gasteiger partial charge in [0.25, 0.3) is 0 Å². The molecular formula is C12H19NO. The number of aryl methyl sites for hydroxylation is 1. The summed E-state index contributed by atoms with van der Waals surface area (Å²) in [5, 5.41) is 3.32. The Labute approximate surface area is 86.3 Å². The minimum Gasteiger partial charge on any atom is -0.383 e. The van der Waals surface area contributed by atoms with Gasteiger partial charge in [0.2, 0.25) is 0 Å². The second-order valence-corrected chi connectivity index (χ2v) is 3.34. The van der Waals surface area contributed by atoms with E-state index in [-0.39, 0.29) is 0 Å². The normalized spacial score (nSPS) is 10.4. The van der Waals surface area contributed by atoms with Gasteiger partial charge in [-0.15, -0.1) is 0 Å². The molecule has 0 saturated carbocycles. The molecule has 0 aliphatic rings. The van der Waals surface area contributed by atoms with Crippen LogP contribution >= 0.6 is 0 Å². The van der Waals surface area contributed by atoms with E-state index in [2.05, 4.69) is 36.5 Å². The van der Waals surface area contributed by atoms with Crippen molar-refractivity contribution in [2.45, 2.75) is 19.9 Å². The van der Waals surface area contributed by atoms with E-state index in [1.807, 2.05) is 0 Å². The molecule has 1 rings (SSSR count). The predicted octanol–water partition coefficient (Wildman–Crippen LogP) is 1.98. The van der Waals surface area contributed by atoms with E-state index >= 15 is 0 Å². The number of hydrogen-bond acceptors (Lipinski definition) is 2. The Hall–Kier alpha value is -0.860. The van der Waals surface area contributed by atoms with E-state index in [4.69, 9.17) is 4.74 Å². The molecule has 0 heterocycles. The number of nitrogens with one attached hydrogen (secondary N) is 1. The molecule has 78 valence electrons. The molecule has 0 unspecified atom stereocenters. The van der Waals surface area contributed by atoms with Gasteiger partial charge in [-0.1, -0.05) is 31.2 Å². The summed E-state index contributed by atoms with van der Waals surface area (Å²) in [5.74, 6) is 0. The maximum Gasteiger partial charge on any atom is 0.0587 e. The van der Waals surface area contributed by atoms with Crippen LogP contribution in [0.15, 0.2) is 24.3 Å². The average molecular weight is 193 g/mol. The molecule has 14 heavy (non-hydrogen) atoms. The van der Waals surface area contributed by atoms with E-state index in [0.717, 1.165) is 26.1 Å². The van der Waals surface area contributed by atoms with Crippen LogP contribution in [-0.2, 0) is 17.7 Å². The molecule has 0 bridgehead atoms. The van der Waals surface area contributed by atoms with Gasteiger partial charge in [-0.2, -0.15) is 0 Å². The Bertz CT molecular complexity index is 243. The molecule has 0 aliphatic heterocycles. The van der Waals surface area contributed by atoms with Crippen molar-refractivity contribution in [2.75, 3.05) is 20.3 Å². The van der Waals surface area contributed by atoms with Crippen molar-refractivity contribution in [3.8, 4) is 0 Å². The third-order valence-corrected chi connectivity index (χ3v) is 2.24. The van der Waals surface area contributed by atoms with Crippen LogP contribution in [0.5, 0.6) is 0 Å². The highest BCUT2D eigenvalue weighted by molar-refractivity contribution is 5.22. The van der Waals surface area contributed by atoms with Crippen LogP contribution in [-0.4, -0.2) is 20.3 Å². The van der Waals surface area contributed by atoms with Crippen molar-refractivity contribution in [3.63, 3.8) is 0 Å². The van der Waals surface area contributed by atoms with E-state index in [1.54, 1.807) is 7.11 Å². The fourth-order valence-electron chi connectivity index (χ4n) is 1.30. The lowest BCUT2D eigenvalue weighted by Gasteiger charge is -2.04. The predicted molar refractivity (Wildman–Crippen MR) is 59.4 cm³/mol. The second-order valence-electron chi connectivity index (χ2n) is 3.34. The highest BCUT2D eigenvalue weighted by Gasteiger charge is 1.92. The Morgan fingerprint density at radius 2 is 1.79 bits per heavy atom. The highest BCUT2D eigenvalue weighted by Crippen LogP contribution is 2.04. The molecule has 2 heteroatoms. The quantitative estimate of drug-likeness (QED) is 0.698. The molecule has 0 fully saturated rings. The minimum atomic E-state index is 0.771. The molecule has 0 radical (unpaired) electrons. The molecule has 0 aromatic heterocycles. The van der Waals surface area contributed by atoms with Crippen molar-refractivity contribution >= 4 is 0 Å². The van der Waals surface area contributed by atoms with E-state index in [1.165, 1.54) is 11.1 Å². The number of ether oxygens (including phenoxy) is 1. The molecular weight excluding hydrogens is 174 g/mol. The van der Waals surface area contributed by atoms with Crippen LogP contribution in [0, 0.1) is 0 Å². The van der Waals surface area contributed by atoms with Gasteiger partial charge in [0.05, 0.1) is 6.61 Å². The molecule has 2 nitrogen and oxygen atoms in total. The lowest BCUT2D eigenvalue weighted by molar-refractivity contribution is 0.199. The molecule has 1 aromatic carbocycles.